The minimum absolute atomic E-state index is 0.506. The molecule has 2 heteroatoms. The molecule has 0 amide bonds. The molecule has 1 N–H and O–H groups in total. The van der Waals surface area contributed by atoms with Gasteiger partial charge in [0.15, 0.2) is 0 Å². The van der Waals surface area contributed by atoms with Crippen LogP contribution in [0.5, 0.6) is 5.75 Å². The standard InChI is InChI=1S/C16H27NO/c1-6-9-17-11-15(12(2)3)14-10-13(4)7-8-16(14)18-5/h7-8,10,12,15,17H,6,9,11H2,1-5H3. The zero-order valence-electron chi connectivity index (χ0n) is 12.4. The normalized spacial score (nSPS) is 12.8. The van der Waals surface area contributed by atoms with Crippen LogP contribution < -0.4 is 10.1 Å². The molecule has 102 valence electrons. The fourth-order valence-corrected chi connectivity index (χ4v) is 2.28. The van der Waals surface area contributed by atoms with Crippen molar-refractivity contribution >= 4 is 0 Å². The first kappa shape index (κ1) is 15.0. The molecule has 0 bridgehead atoms. The Bertz CT molecular complexity index is 360. The van der Waals surface area contributed by atoms with Crippen LogP contribution in [-0.4, -0.2) is 20.2 Å². The summed E-state index contributed by atoms with van der Waals surface area (Å²) < 4.78 is 5.51. The summed E-state index contributed by atoms with van der Waals surface area (Å²) in [4.78, 5) is 0. The van der Waals surface area contributed by atoms with Crippen molar-refractivity contribution in [3.8, 4) is 5.75 Å². The topological polar surface area (TPSA) is 21.3 Å². The molecule has 0 saturated heterocycles. The van der Waals surface area contributed by atoms with Crippen LogP contribution in [-0.2, 0) is 0 Å². The molecular weight excluding hydrogens is 222 g/mol. The van der Waals surface area contributed by atoms with Crippen LogP contribution in [0.3, 0.4) is 0 Å². The molecule has 0 fully saturated rings. The summed E-state index contributed by atoms with van der Waals surface area (Å²) in [6.07, 6.45) is 1.18. The van der Waals surface area contributed by atoms with E-state index in [4.69, 9.17) is 4.74 Å². The van der Waals surface area contributed by atoms with E-state index in [2.05, 4.69) is 51.2 Å². The third kappa shape index (κ3) is 4.02. The van der Waals surface area contributed by atoms with Crippen LogP contribution in [0.4, 0.5) is 0 Å². The van der Waals surface area contributed by atoms with Gasteiger partial charge in [-0.15, -0.1) is 0 Å². The molecular formula is C16H27NO. The molecule has 0 radical (unpaired) electrons. The molecule has 1 aromatic rings. The van der Waals surface area contributed by atoms with Crippen molar-refractivity contribution in [2.45, 2.75) is 40.0 Å². The molecule has 1 rings (SSSR count). The first-order valence-electron chi connectivity index (χ1n) is 6.95. The van der Waals surface area contributed by atoms with Crippen LogP contribution in [0.25, 0.3) is 0 Å². The number of nitrogens with one attached hydrogen (secondary N) is 1. The fraction of sp³-hybridized carbons (Fsp3) is 0.625. The van der Waals surface area contributed by atoms with Crippen molar-refractivity contribution in [2.24, 2.45) is 5.92 Å². The minimum atomic E-state index is 0.506. The smallest absolute Gasteiger partial charge is 0.122 e. The predicted molar refractivity (Wildman–Crippen MR) is 78.5 cm³/mol. The second-order valence-corrected chi connectivity index (χ2v) is 5.30. The van der Waals surface area contributed by atoms with E-state index in [1.807, 2.05) is 0 Å². The van der Waals surface area contributed by atoms with Crippen molar-refractivity contribution in [3.05, 3.63) is 29.3 Å². The number of benzene rings is 1. The van der Waals surface area contributed by atoms with Gasteiger partial charge in [0, 0.05) is 12.5 Å². The predicted octanol–water partition coefficient (Wildman–Crippen LogP) is 3.74. The molecule has 2 nitrogen and oxygen atoms in total. The van der Waals surface area contributed by atoms with Crippen LogP contribution in [0.2, 0.25) is 0 Å². The monoisotopic (exact) mass is 249 g/mol. The first-order valence-corrected chi connectivity index (χ1v) is 6.95. The second-order valence-electron chi connectivity index (χ2n) is 5.30. The molecule has 0 heterocycles. The van der Waals surface area contributed by atoms with E-state index < -0.39 is 0 Å². The van der Waals surface area contributed by atoms with Gasteiger partial charge in [-0.05, 0) is 37.4 Å². The van der Waals surface area contributed by atoms with Crippen LogP contribution in [0.15, 0.2) is 18.2 Å². The summed E-state index contributed by atoms with van der Waals surface area (Å²) in [7, 11) is 1.75. The van der Waals surface area contributed by atoms with Crippen LogP contribution in [0, 0.1) is 12.8 Å². The zero-order valence-corrected chi connectivity index (χ0v) is 12.4. The number of rotatable bonds is 7. The number of ether oxygens (including phenoxy) is 1. The maximum Gasteiger partial charge on any atom is 0.122 e. The fourth-order valence-electron chi connectivity index (χ4n) is 2.28. The summed E-state index contributed by atoms with van der Waals surface area (Å²) in [5.41, 5.74) is 2.63. The largest absolute Gasteiger partial charge is 0.496 e. The van der Waals surface area contributed by atoms with Gasteiger partial charge in [0.2, 0.25) is 0 Å². The third-order valence-electron chi connectivity index (χ3n) is 3.38. The van der Waals surface area contributed by atoms with E-state index in [1.165, 1.54) is 17.5 Å². The lowest BCUT2D eigenvalue weighted by Gasteiger charge is -2.24. The molecule has 1 unspecified atom stereocenters. The lowest BCUT2D eigenvalue weighted by molar-refractivity contribution is 0.389. The molecule has 0 aliphatic rings. The summed E-state index contributed by atoms with van der Waals surface area (Å²) in [6, 6.07) is 6.45. The van der Waals surface area contributed by atoms with Gasteiger partial charge >= 0.3 is 0 Å². The van der Waals surface area contributed by atoms with Crippen molar-refractivity contribution in [1.82, 2.24) is 5.32 Å². The average Bonchev–Trinajstić information content (AvgIpc) is 2.34. The van der Waals surface area contributed by atoms with Crippen molar-refractivity contribution in [2.75, 3.05) is 20.2 Å². The molecule has 1 aromatic carbocycles. The highest BCUT2D eigenvalue weighted by molar-refractivity contribution is 5.40. The SMILES string of the molecule is CCCNCC(c1cc(C)ccc1OC)C(C)C. The van der Waals surface area contributed by atoms with Gasteiger partial charge in [-0.2, -0.15) is 0 Å². The quantitative estimate of drug-likeness (QED) is 0.743. The Morgan fingerprint density at radius 1 is 1.28 bits per heavy atom. The third-order valence-corrected chi connectivity index (χ3v) is 3.38. The van der Waals surface area contributed by atoms with E-state index in [1.54, 1.807) is 7.11 Å². The highest BCUT2D eigenvalue weighted by Gasteiger charge is 2.19. The molecule has 0 aromatic heterocycles. The van der Waals surface area contributed by atoms with Gasteiger partial charge in [-0.25, -0.2) is 0 Å². The van der Waals surface area contributed by atoms with Crippen molar-refractivity contribution in [1.29, 1.82) is 0 Å². The Morgan fingerprint density at radius 3 is 2.56 bits per heavy atom. The van der Waals surface area contributed by atoms with Crippen molar-refractivity contribution < 1.29 is 4.74 Å². The molecule has 0 spiro atoms. The first-order chi connectivity index (χ1) is 8.60. The van der Waals surface area contributed by atoms with E-state index in [9.17, 15) is 0 Å². The van der Waals surface area contributed by atoms with Gasteiger partial charge in [0.05, 0.1) is 7.11 Å². The molecule has 1 atom stereocenters. The number of methoxy groups -OCH3 is 1. The van der Waals surface area contributed by atoms with E-state index in [0.29, 0.717) is 11.8 Å². The Morgan fingerprint density at radius 2 is 2.00 bits per heavy atom. The number of hydrogen-bond donors (Lipinski definition) is 1. The van der Waals surface area contributed by atoms with Crippen LogP contribution >= 0.6 is 0 Å². The van der Waals surface area contributed by atoms with Gasteiger partial charge in [-0.3, -0.25) is 0 Å². The van der Waals surface area contributed by atoms with E-state index >= 15 is 0 Å². The van der Waals surface area contributed by atoms with Crippen LogP contribution in [0.1, 0.15) is 44.2 Å². The summed E-state index contributed by atoms with van der Waals surface area (Å²) in [5.74, 6) is 2.12. The highest BCUT2D eigenvalue weighted by atomic mass is 16.5. The summed E-state index contributed by atoms with van der Waals surface area (Å²) in [5, 5.41) is 3.53. The molecule has 0 aliphatic heterocycles. The van der Waals surface area contributed by atoms with Crippen molar-refractivity contribution in [3.63, 3.8) is 0 Å². The van der Waals surface area contributed by atoms with Gasteiger partial charge in [-0.1, -0.05) is 38.5 Å². The lowest BCUT2D eigenvalue weighted by atomic mass is 9.87. The second kappa shape index (κ2) is 7.42. The number of hydrogen-bond acceptors (Lipinski definition) is 2. The Hall–Kier alpha value is -1.02. The van der Waals surface area contributed by atoms with E-state index in [-0.39, 0.29) is 0 Å². The summed E-state index contributed by atoms with van der Waals surface area (Å²) >= 11 is 0. The Kier molecular flexibility index (Phi) is 6.20. The molecule has 0 aliphatic carbocycles. The maximum atomic E-state index is 5.51. The van der Waals surface area contributed by atoms with Gasteiger partial charge in [0.25, 0.3) is 0 Å². The zero-order chi connectivity index (χ0) is 13.5. The molecule has 18 heavy (non-hydrogen) atoms. The van der Waals surface area contributed by atoms with Gasteiger partial charge in [0.1, 0.15) is 5.75 Å². The Balaban J connectivity index is 2.93. The highest BCUT2D eigenvalue weighted by Crippen LogP contribution is 2.32. The van der Waals surface area contributed by atoms with Gasteiger partial charge < -0.3 is 10.1 Å². The minimum Gasteiger partial charge on any atom is -0.496 e. The lowest BCUT2D eigenvalue weighted by Crippen LogP contribution is -2.25. The Labute approximate surface area is 112 Å². The van der Waals surface area contributed by atoms with E-state index in [0.717, 1.165) is 18.8 Å². The molecule has 0 saturated carbocycles. The maximum absolute atomic E-state index is 5.51. The number of aryl methyl sites for hydroxylation is 1. The average molecular weight is 249 g/mol. The summed E-state index contributed by atoms with van der Waals surface area (Å²) in [6.45, 7) is 11.0.